The van der Waals surface area contributed by atoms with Gasteiger partial charge in [-0.3, -0.25) is 9.59 Å². The maximum atomic E-state index is 13.5. The number of aliphatic hydroxyl groups excluding tert-OH is 1. The topological polar surface area (TPSA) is 112 Å². The van der Waals surface area contributed by atoms with E-state index in [0.29, 0.717) is 5.92 Å². The monoisotopic (exact) mass is 376 g/mol. The number of piperidine rings is 1. The van der Waals surface area contributed by atoms with Gasteiger partial charge < -0.3 is 20.6 Å². The first-order chi connectivity index (χ1) is 13.1. The zero-order chi connectivity index (χ0) is 19.0. The molecule has 1 saturated carbocycles. The third-order valence-electron chi connectivity index (χ3n) is 6.00. The first-order valence-corrected chi connectivity index (χ1v) is 9.91. The number of nitrogens with one attached hydrogen (secondary N) is 2. The second-order valence-electron chi connectivity index (χ2n) is 7.94. The molecule has 9 nitrogen and oxygen atoms in total. The number of carbonyl (C=O) groups excluding carboxylic acids is 2. The molecule has 9 heteroatoms. The molecule has 0 radical (unpaired) electrons. The molecule has 3 N–H and O–H groups in total. The second kappa shape index (κ2) is 7.55. The van der Waals surface area contributed by atoms with E-state index < -0.39 is 18.2 Å². The van der Waals surface area contributed by atoms with Crippen LogP contribution in [0.25, 0.3) is 0 Å². The normalized spacial score (nSPS) is 27.6. The summed E-state index contributed by atoms with van der Waals surface area (Å²) in [6, 6.07) is -1.11. The van der Waals surface area contributed by atoms with Crippen molar-refractivity contribution in [2.75, 3.05) is 26.7 Å². The summed E-state index contributed by atoms with van der Waals surface area (Å²) in [4.78, 5) is 27.3. The van der Waals surface area contributed by atoms with Gasteiger partial charge in [0.1, 0.15) is 12.1 Å². The Labute approximate surface area is 158 Å². The van der Waals surface area contributed by atoms with Crippen molar-refractivity contribution in [2.24, 2.45) is 5.92 Å². The summed E-state index contributed by atoms with van der Waals surface area (Å²) < 4.78 is 1.71. The molecular weight excluding hydrogens is 348 g/mol. The first-order valence-electron chi connectivity index (χ1n) is 9.91. The van der Waals surface area contributed by atoms with Crippen molar-refractivity contribution in [1.29, 1.82) is 0 Å². The van der Waals surface area contributed by atoms with Gasteiger partial charge in [-0.25, -0.2) is 4.68 Å². The molecule has 1 aliphatic carbocycles. The summed E-state index contributed by atoms with van der Waals surface area (Å²) in [5.41, 5.74) is 0.950. The largest absolute Gasteiger partial charge is 0.391 e. The number of hydrogen-bond donors (Lipinski definition) is 3. The maximum absolute atomic E-state index is 13.5. The molecule has 3 atom stereocenters. The lowest BCUT2D eigenvalue weighted by atomic mass is 9.89. The predicted octanol–water partition coefficient (Wildman–Crippen LogP) is -0.596. The molecule has 3 heterocycles. The highest BCUT2D eigenvalue weighted by atomic mass is 16.3. The zero-order valence-corrected chi connectivity index (χ0v) is 15.7. The Kier molecular flexibility index (Phi) is 5.14. The maximum Gasteiger partial charge on any atom is 0.248 e. The number of aliphatic hydroxyl groups is 1. The van der Waals surface area contributed by atoms with Crippen molar-refractivity contribution in [3.8, 4) is 0 Å². The van der Waals surface area contributed by atoms with Crippen LogP contribution < -0.4 is 10.6 Å². The quantitative estimate of drug-likeness (QED) is 0.633. The lowest BCUT2D eigenvalue weighted by Gasteiger charge is -2.34. The summed E-state index contributed by atoms with van der Waals surface area (Å²) in [5.74, 6) is 0.228. The lowest BCUT2D eigenvalue weighted by molar-refractivity contribution is -0.143. The molecule has 0 aromatic carbocycles. The van der Waals surface area contributed by atoms with Crippen LogP contribution in [-0.2, 0) is 9.59 Å². The Morgan fingerprint density at radius 3 is 2.70 bits per heavy atom. The Morgan fingerprint density at radius 2 is 2.04 bits per heavy atom. The number of β-amino-alcohol motifs (C(OH)–C–C–N with tert-alkyl or cyclic N) is 1. The third kappa shape index (κ3) is 3.70. The van der Waals surface area contributed by atoms with Crippen LogP contribution >= 0.6 is 0 Å². The molecule has 2 aliphatic heterocycles. The Morgan fingerprint density at radius 1 is 1.30 bits per heavy atom. The first kappa shape index (κ1) is 18.4. The summed E-state index contributed by atoms with van der Waals surface area (Å²) in [7, 11) is 1.55. The smallest absolute Gasteiger partial charge is 0.248 e. The van der Waals surface area contributed by atoms with E-state index in [0.717, 1.165) is 44.5 Å². The fraction of sp³-hybridized carbons (Fsp3) is 0.778. The van der Waals surface area contributed by atoms with E-state index in [1.807, 2.05) is 6.20 Å². The number of carbonyl (C=O) groups is 2. The number of aromatic nitrogens is 3. The summed E-state index contributed by atoms with van der Waals surface area (Å²) in [5, 5.41) is 24.6. The number of likely N-dealkylation sites (N-methyl/N-ethyl adjacent to an activating group) is 1. The van der Waals surface area contributed by atoms with Crippen LogP contribution in [0.5, 0.6) is 0 Å². The van der Waals surface area contributed by atoms with Gasteiger partial charge in [0.05, 0.1) is 11.8 Å². The molecule has 4 rings (SSSR count). The summed E-state index contributed by atoms with van der Waals surface area (Å²) in [6.45, 7) is 1.91. The van der Waals surface area contributed by atoms with Gasteiger partial charge >= 0.3 is 0 Å². The average molecular weight is 376 g/mol. The van der Waals surface area contributed by atoms with E-state index in [1.54, 1.807) is 11.7 Å². The Bertz CT molecular complexity index is 697. The molecule has 2 amide bonds. The van der Waals surface area contributed by atoms with Crippen molar-refractivity contribution in [3.05, 3.63) is 11.9 Å². The van der Waals surface area contributed by atoms with E-state index in [1.165, 1.54) is 4.90 Å². The summed E-state index contributed by atoms with van der Waals surface area (Å²) >= 11 is 0. The van der Waals surface area contributed by atoms with Crippen molar-refractivity contribution < 1.29 is 14.7 Å². The van der Waals surface area contributed by atoms with Crippen LogP contribution in [-0.4, -0.2) is 75.6 Å². The predicted molar refractivity (Wildman–Crippen MR) is 96.8 cm³/mol. The minimum atomic E-state index is -0.678. The number of nitrogens with zero attached hydrogens (tertiary/aromatic N) is 4. The van der Waals surface area contributed by atoms with Gasteiger partial charge in [-0.15, -0.1) is 5.10 Å². The molecular formula is C18H28N6O3. The van der Waals surface area contributed by atoms with E-state index >= 15 is 0 Å². The van der Waals surface area contributed by atoms with E-state index in [4.69, 9.17) is 0 Å². The van der Waals surface area contributed by atoms with Crippen LogP contribution in [0.1, 0.15) is 49.8 Å². The molecule has 1 aromatic rings. The molecule has 148 valence electrons. The SMILES string of the molecule is CNC(=O)C1CC(O)CN1C(=O)C(C1CCNCC1)n1cc(C2CC2)nn1. The van der Waals surface area contributed by atoms with Gasteiger partial charge in [0.2, 0.25) is 11.8 Å². The number of likely N-dealkylation sites (tertiary alicyclic amines) is 1. The minimum absolute atomic E-state index is 0.135. The van der Waals surface area contributed by atoms with Gasteiger partial charge in [0, 0.05) is 32.1 Å². The van der Waals surface area contributed by atoms with E-state index in [2.05, 4.69) is 20.9 Å². The lowest BCUT2D eigenvalue weighted by Crippen LogP contribution is -2.49. The van der Waals surface area contributed by atoms with Crippen LogP contribution in [0.3, 0.4) is 0 Å². The van der Waals surface area contributed by atoms with Crippen molar-refractivity contribution in [3.63, 3.8) is 0 Å². The molecule has 3 fully saturated rings. The van der Waals surface area contributed by atoms with Crippen molar-refractivity contribution in [1.82, 2.24) is 30.5 Å². The number of hydrogen-bond acceptors (Lipinski definition) is 6. The van der Waals surface area contributed by atoms with Crippen LogP contribution in [0.4, 0.5) is 0 Å². The zero-order valence-electron chi connectivity index (χ0n) is 15.7. The number of rotatable bonds is 5. The van der Waals surface area contributed by atoms with Crippen LogP contribution in [0, 0.1) is 5.92 Å². The van der Waals surface area contributed by atoms with Gasteiger partial charge in [0.25, 0.3) is 0 Å². The molecule has 1 aromatic heterocycles. The average Bonchev–Trinajstić information content (AvgIpc) is 3.30. The Balaban J connectivity index is 1.62. The molecule has 3 aliphatic rings. The van der Waals surface area contributed by atoms with E-state index in [9.17, 15) is 14.7 Å². The molecule has 2 saturated heterocycles. The van der Waals surface area contributed by atoms with Crippen LogP contribution in [0.15, 0.2) is 6.20 Å². The highest BCUT2D eigenvalue weighted by molar-refractivity contribution is 5.90. The molecule has 3 unspecified atom stereocenters. The van der Waals surface area contributed by atoms with Crippen molar-refractivity contribution >= 4 is 11.8 Å². The molecule has 27 heavy (non-hydrogen) atoms. The van der Waals surface area contributed by atoms with Crippen molar-refractivity contribution in [2.45, 2.75) is 56.2 Å². The Hall–Kier alpha value is -2.00. The second-order valence-corrected chi connectivity index (χ2v) is 7.94. The van der Waals surface area contributed by atoms with Gasteiger partial charge in [0.15, 0.2) is 0 Å². The third-order valence-corrected chi connectivity index (χ3v) is 6.00. The fourth-order valence-electron chi connectivity index (χ4n) is 4.33. The van der Waals surface area contributed by atoms with Gasteiger partial charge in [-0.1, -0.05) is 5.21 Å². The summed E-state index contributed by atoms with van der Waals surface area (Å²) in [6.07, 6.45) is 5.50. The fourth-order valence-corrected chi connectivity index (χ4v) is 4.33. The highest BCUT2D eigenvalue weighted by Gasteiger charge is 2.44. The van der Waals surface area contributed by atoms with E-state index in [-0.39, 0.29) is 30.7 Å². The van der Waals surface area contributed by atoms with Gasteiger partial charge in [-0.05, 0) is 44.7 Å². The number of amides is 2. The molecule has 0 spiro atoms. The minimum Gasteiger partial charge on any atom is -0.391 e. The van der Waals surface area contributed by atoms with Gasteiger partial charge in [-0.2, -0.15) is 0 Å². The molecule has 0 bridgehead atoms. The van der Waals surface area contributed by atoms with Crippen LogP contribution in [0.2, 0.25) is 0 Å². The standard InChI is InChI=1S/C18H28N6O3/c1-19-17(26)15-8-13(25)9-23(15)18(27)16(12-4-6-20-7-5-12)24-10-14(21-22-24)11-2-3-11/h10-13,15-16,20,25H,2-9H2,1H3,(H,19,26). The highest BCUT2D eigenvalue weighted by Crippen LogP contribution is 2.39.